The Bertz CT molecular complexity index is 1820. The second-order valence-corrected chi connectivity index (χ2v) is 13.9. The fourth-order valence-corrected chi connectivity index (χ4v) is 7.27. The molecule has 2 fully saturated rings. The molecule has 1 aromatic heterocycles. The average Bonchev–Trinajstić information content (AvgIpc) is 3.68. The first-order chi connectivity index (χ1) is 25.4. The Morgan fingerprint density at radius 2 is 1.54 bits per heavy atom. The summed E-state index contributed by atoms with van der Waals surface area (Å²) >= 11 is 6.88. The largest absolute Gasteiger partial charge is 0.488 e. The summed E-state index contributed by atoms with van der Waals surface area (Å²) in [5.41, 5.74) is 10.0. The second-order valence-electron chi connectivity index (χ2n) is 13.5. The van der Waals surface area contributed by atoms with Gasteiger partial charge in [-0.25, -0.2) is 0 Å². The maximum atomic E-state index is 9.32. The number of halogens is 1. The summed E-state index contributed by atoms with van der Waals surface area (Å²) in [4.78, 5) is 17.6. The third kappa shape index (κ3) is 10.8. The molecule has 0 radical (unpaired) electrons. The van der Waals surface area contributed by atoms with Gasteiger partial charge in [-0.05, 0) is 111 Å². The number of unbranched alkanes of at least 4 members (excludes halogenated alkanes) is 1. The first kappa shape index (κ1) is 38.8. The van der Waals surface area contributed by atoms with E-state index in [0.717, 1.165) is 61.6 Å². The van der Waals surface area contributed by atoms with Gasteiger partial charge in [-0.1, -0.05) is 48.0 Å². The van der Waals surface area contributed by atoms with E-state index in [0.29, 0.717) is 22.9 Å². The predicted octanol–water partition coefficient (Wildman–Crippen LogP) is 7.57. The zero-order chi connectivity index (χ0) is 36.7. The van der Waals surface area contributed by atoms with Crippen LogP contribution in [0.2, 0.25) is 5.02 Å². The molecule has 0 unspecified atom stereocenters. The highest BCUT2D eigenvalue weighted by Gasteiger charge is 2.18. The van der Waals surface area contributed by atoms with Crippen LogP contribution in [-0.4, -0.2) is 72.2 Å². The summed E-state index contributed by atoms with van der Waals surface area (Å²) in [5, 5.41) is 20.2. The summed E-state index contributed by atoms with van der Waals surface area (Å²) in [5.74, 6) is 1.31. The monoisotopic (exact) mass is 723 g/mol. The summed E-state index contributed by atoms with van der Waals surface area (Å²) in [7, 11) is 0. The maximum absolute atomic E-state index is 9.32. The highest BCUT2D eigenvalue weighted by Crippen LogP contribution is 2.36. The lowest BCUT2D eigenvalue weighted by atomic mass is 9.90. The molecule has 0 aliphatic carbocycles. The zero-order valence-corrected chi connectivity index (χ0v) is 31.1. The van der Waals surface area contributed by atoms with E-state index in [4.69, 9.17) is 31.0 Å². The molecule has 2 N–H and O–H groups in total. The maximum Gasteiger partial charge on any atom is 0.290 e. The van der Waals surface area contributed by atoms with Crippen molar-refractivity contribution in [3.63, 3.8) is 0 Å². The Labute approximate surface area is 313 Å². The van der Waals surface area contributed by atoms with Gasteiger partial charge in [-0.3, -0.25) is 14.7 Å². The number of nitrogens with one attached hydrogen (secondary N) is 1. The van der Waals surface area contributed by atoms with Crippen LogP contribution in [0.4, 0.5) is 0 Å². The third-order valence-electron chi connectivity index (χ3n) is 9.97. The predicted molar refractivity (Wildman–Crippen MR) is 206 cm³/mol. The van der Waals surface area contributed by atoms with Gasteiger partial charge in [0.25, 0.3) is 6.47 Å². The minimum absolute atomic E-state index is 0.250. The number of carboxylic acid groups (broad SMARTS) is 1. The number of nitrogens with zero attached hydrogens (tertiary/aromatic N) is 4. The van der Waals surface area contributed by atoms with Crippen LogP contribution < -0.4 is 14.8 Å². The molecule has 274 valence electrons. The molecule has 2 saturated heterocycles. The van der Waals surface area contributed by atoms with Crippen molar-refractivity contribution in [3.8, 4) is 28.7 Å². The summed E-state index contributed by atoms with van der Waals surface area (Å²) in [6.07, 6.45) is 9.59. The number of aryl methyl sites for hydroxylation is 1. The van der Waals surface area contributed by atoms with Crippen molar-refractivity contribution in [1.82, 2.24) is 20.1 Å². The first-order valence-corrected chi connectivity index (χ1v) is 18.6. The van der Waals surface area contributed by atoms with E-state index in [1.54, 1.807) is 18.5 Å². The molecule has 2 aliphatic heterocycles. The van der Waals surface area contributed by atoms with Crippen molar-refractivity contribution in [2.45, 2.75) is 65.7 Å². The standard InChI is InChI=1S/C41H48ClN5O2.CH2O2/c1-30-34(9-3-4-16-46-17-5-6-18-46)10-7-12-37(30)38-13-8-11-35(31(38)2)29-49-41-23-40(48-28-33-21-32(24-43)25-45-26-33)36(22-39(41)42)27-47-19-14-44-15-20-47;2-1-3/h7-8,10-13,21-23,25-26,44H,3-6,9,14-20,27-29H2,1-2H3;1H,(H,2,3). The summed E-state index contributed by atoms with van der Waals surface area (Å²) in [6.45, 7) is 13.2. The van der Waals surface area contributed by atoms with Crippen LogP contribution in [0.15, 0.2) is 67.0 Å². The van der Waals surface area contributed by atoms with Crippen molar-refractivity contribution >= 4 is 18.1 Å². The fraction of sp³-hybridized carbons (Fsp3) is 0.405. The van der Waals surface area contributed by atoms with Crippen LogP contribution in [0.25, 0.3) is 11.1 Å². The Morgan fingerprint density at radius 3 is 2.25 bits per heavy atom. The van der Waals surface area contributed by atoms with Crippen molar-refractivity contribution in [2.24, 2.45) is 0 Å². The van der Waals surface area contributed by atoms with Gasteiger partial charge in [0.1, 0.15) is 30.8 Å². The summed E-state index contributed by atoms with van der Waals surface area (Å²) in [6, 6.07) is 21.1. The van der Waals surface area contributed by atoms with Crippen LogP contribution in [0, 0.1) is 25.2 Å². The Hall–Kier alpha value is -4.46. The number of rotatable bonds is 14. The molecule has 2 aliphatic rings. The summed E-state index contributed by atoms with van der Waals surface area (Å²) < 4.78 is 12.8. The minimum atomic E-state index is -0.250. The number of aromatic nitrogens is 1. The molecule has 6 rings (SSSR count). The van der Waals surface area contributed by atoms with Gasteiger partial charge in [0.2, 0.25) is 0 Å². The molecular formula is C42H50ClN5O4. The number of pyridine rings is 1. The number of likely N-dealkylation sites (tertiary alicyclic amines) is 1. The minimum Gasteiger partial charge on any atom is -0.488 e. The number of carbonyl (C=O) groups is 1. The van der Waals surface area contributed by atoms with Crippen LogP contribution in [-0.2, 0) is 31.0 Å². The van der Waals surface area contributed by atoms with E-state index in [2.05, 4.69) is 76.4 Å². The molecular weight excluding hydrogens is 674 g/mol. The Morgan fingerprint density at radius 1 is 0.865 bits per heavy atom. The molecule has 10 heteroatoms. The van der Waals surface area contributed by atoms with E-state index < -0.39 is 0 Å². The molecule has 0 saturated carbocycles. The Balaban J connectivity index is 0.00000168. The van der Waals surface area contributed by atoms with Gasteiger partial charge >= 0.3 is 0 Å². The number of hydrogen-bond acceptors (Lipinski definition) is 8. The number of hydrogen-bond donors (Lipinski definition) is 2. The van der Waals surface area contributed by atoms with Crippen LogP contribution in [0.1, 0.15) is 64.6 Å². The molecule has 3 aromatic carbocycles. The topological polar surface area (TPSA) is 111 Å². The molecule has 52 heavy (non-hydrogen) atoms. The van der Waals surface area contributed by atoms with Crippen molar-refractivity contribution in [1.29, 1.82) is 5.26 Å². The normalized spacial score (nSPS) is 14.7. The molecule has 0 amide bonds. The molecule has 0 spiro atoms. The molecule has 3 heterocycles. The molecule has 9 nitrogen and oxygen atoms in total. The van der Waals surface area contributed by atoms with E-state index in [1.807, 2.05) is 12.1 Å². The smallest absolute Gasteiger partial charge is 0.290 e. The highest BCUT2D eigenvalue weighted by atomic mass is 35.5. The van der Waals surface area contributed by atoms with Gasteiger partial charge in [0.15, 0.2) is 0 Å². The lowest BCUT2D eigenvalue weighted by Crippen LogP contribution is -2.42. The number of ether oxygens (including phenoxy) is 2. The van der Waals surface area contributed by atoms with Gasteiger partial charge < -0.3 is 24.8 Å². The number of nitriles is 1. The van der Waals surface area contributed by atoms with Crippen LogP contribution in [0.5, 0.6) is 11.5 Å². The third-order valence-corrected chi connectivity index (χ3v) is 10.3. The molecule has 4 aromatic rings. The second kappa shape index (κ2) is 20.0. The van der Waals surface area contributed by atoms with E-state index in [9.17, 15) is 5.26 Å². The van der Waals surface area contributed by atoms with Crippen LogP contribution in [0.3, 0.4) is 0 Å². The molecule has 0 bridgehead atoms. The zero-order valence-electron chi connectivity index (χ0n) is 30.4. The fourth-order valence-electron chi connectivity index (χ4n) is 7.03. The van der Waals surface area contributed by atoms with E-state index in [-0.39, 0.29) is 13.1 Å². The van der Waals surface area contributed by atoms with Gasteiger partial charge in [-0.2, -0.15) is 5.26 Å². The number of piperazine rings is 1. The van der Waals surface area contributed by atoms with Crippen LogP contribution >= 0.6 is 11.6 Å². The van der Waals surface area contributed by atoms with Gasteiger partial charge in [0, 0.05) is 62.3 Å². The van der Waals surface area contributed by atoms with E-state index >= 15 is 0 Å². The van der Waals surface area contributed by atoms with Gasteiger partial charge in [-0.15, -0.1) is 0 Å². The lowest BCUT2D eigenvalue weighted by Gasteiger charge is -2.28. The average molecular weight is 724 g/mol. The van der Waals surface area contributed by atoms with Crippen molar-refractivity contribution in [3.05, 3.63) is 111 Å². The van der Waals surface area contributed by atoms with Crippen molar-refractivity contribution < 1.29 is 19.4 Å². The van der Waals surface area contributed by atoms with E-state index in [1.165, 1.54) is 73.1 Å². The molecule has 0 atom stereocenters. The Kier molecular flexibility index (Phi) is 14.9. The van der Waals surface area contributed by atoms with Gasteiger partial charge in [0.05, 0.1) is 10.6 Å². The van der Waals surface area contributed by atoms with Crippen molar-refractivity contribution in [2.75, 3.05) is 45.8 Å². The highest BCUT2D eigenvalue weighted by molar-refractivity contribution is 6.32. The SMILES string of the molecule is Cc1c(CCCCN2CCCC2)cccc1-c1cccc(COc2cc(OCc3cncc(C#N)c3)c(CN3CCNCC3)cc2Cl)c1C.O=CO. The first-order valence-electron chi connectivity index (χ1n) is 18.2. The quantitative estimate of drug-likeness (QED) is 0.101. The number of benzene rings is 3. The lowest BCUT2D eigenvalue weighted by molar-refractivity contribution is -0.122.